The molecule has 0 aliphatic carbocycles. The number of methoxy groups -OCH3 is 4. The zero-order chi connectivity index (χ0) is 50.8. The number of anilines is 4. The third-order valence-corrected chi connectivity index (χ3v) is 12.5. The molecule has 1 fully saturated rings. The van der Waals surface area contributed by atoms with Crippen molar-refractivity contribution in [3.05, 3.63) is 110 Å². The zero-order valence-corrected chi connectivity index (χ0v) is 42.1. The number of fused-ring (bicyclic) bond motifs is 2. The highest BCUT2D eigenvalue weighted by molar-refractivity contribution is 7.86. The van der Waals surface area contributed by atoms with Gasteiger partial charge in [-0.1, -0.05) is 0 Å². The number of H-pyrrole nitrogens is 1. The first kappa shape index (κ1) is 50.9. The van der Waals surface area contributed by atoms with E-state index in [1.807, 2.05) is 87.3 Å². The van der Waals surface area contributed by atoms with E-state index < -0.39 is 20.2 Å². The molecule has 21 nitrogen and oxygen atoms in total. The van der Waals surface area contributed by atoms with Crippen LogP contribution in [0.3, 0.4) is 0 Å². The molecule has 1 saturated heterocycles. The van der Waals surface area contributed by atoms with Gasteiger partial charge in [0, 0.05) is 91.2 Å². The second-order valence-electron chi connectivity index (χ2n) is 16.3. The maximum Gasteiger partial charge on any atom is 0.264 e. The van der Waals surface area contributed by atoms with Crippen LogP contribution in [0, 0.1) is 0 Å². The molecule has 8 aromatic rings. The summed E-state index contributed by atoms with van der Waals surface area (Å²) in [6, 6.07) is 25.9. The topological polar surface area (TPSA) is 237 Å². The van der Waals surface area contributed by atoms with Crippen molar-refractivity contribution in [2.24, 2.45) is 0 Å². The van der Waals surface area contributed by atoms with Gasteiger partial charge in [0.1, 0.15) is 34.4 Å². The number of nitrogens with one attached hydrogen (secondary N) is 1. The second kappa shape index (κ2) is 22.8. The van der Waals surface area contributed by atoms with Gasteiger partial charge in [0.25, 0.3) is 20.2 Å². The summed E-state index contributed by atoms with van der Waals surface area (Å²) in [5.41, 5.74) is 8.72. The maximum absolute atomic E-state index is 11.6. The third-order valence-electron chi connectivity index (χ3n) is 11.3. The largest absolute Gasteiger partial charge is 0.497 e. The summed E-state index contributed by atoms with van der Waals surface area (Å²) in [7, 11) is -0.903. The van der Waals surface area contributed by atoms with Gasteiger partial charge in [0.15, 0.2) is 6.23 Å². The number of hydrogen-bond donors (Lipinski definition) is 1. The Bertz CT molecular complexity index is 3310. The molecular formula is C49H54N10O11S2. The summed E-state index contributed by atoms with van der Waals surface area (Å²) in [6.07, 6.45) is 11.8. The van der Waals surface area contributed by atoms with Crippen molar-refractivity contribution in [2.45, 2.75) is 25.5 Å². The highest BCUT2D eigenvalue weighted by Gasteiger charge is 2.22. The normalized spacial score (nSPS) is 13.8. The highest BCUT2D eigenvalue weighted by Crippen LogP contribution is 2.36. The molecule has 1 atom stereocenters. The van der Waals surface area contributed by atoms with Gasteiger partial charge in [0.05, 0.1) is 100 Å². The van der Waals surface area contributed by atoms with E-state index in [0.717, 1.165) is 76.9 Å². The fourth-order valence-electron chi connectivity index (χ4n) is 7.92. The van der Waals surface area contributed by atoms with E-state index in [2.05, 4.69) is 25.3 Å². The van der Waals surface area contributed by atoms with Crippen LogP contribution in [-0.4, -0.2) is 131 Å². The van der Waals surface area contributed by atoms with Crippen molar-refractivity contribution in [3.8, 4) is 45.8 Å². The van der Waals surface area contributed by atoms with Crippen LogP contribution in [0.25, 0.3) is 44.8 Å². The van der Waals surface area contributed by atoms with E-state index in [9.17, 15) is 16.8 Å². The number of aromatic nitrogens is 8. The molecule has 1 N–H and O–H groups in total. The van der Waals surface area contributed by atoms with Crippen molar-refractivity contribution in [2.75, 3.05) is 83.7 Å². The van der Waals surface area contributed by atoms with Crippen LogP contribution >= 0.6 is 0 Å². The molecule has 5 heterocycles. The predicted molar refractivity (Wildman–Crippen MR) is 271 cm³/mol. The lowest BCUT2D eigenvalue weighted by atomic mass is 10.1. The van der Waals surface area contributed by atoms with Crippen molar-refractivity contribution < 1.29 is 48.9 Å². The Hall–Kier alpha value is -7.44. The molecule has 72 heavy (non-hydrogen) atoms. The molecule has 0 bridgehead atoms. The Kier molecular flexibility index (Phi) is 16.1. The standard InChI is InChI=1S/C27H31N5O6S.C22H23N5O5S/c1-35-21-14-20(15-22(17-21)36-2)31(11-13-38-39(3,33)34)19-7-8-23-24(16-19)30-25(18-28-23)26-9-10-29-32(26)27-6-4-5-12-37-27;1-30-17-10-16(11-18(13-17)31-2)27(8-9-32-33(3,28)29)15-4-5-19-21(12-15)25-22(14-23-19)20-6-7-24-26-20/h7-10,14-18,27H,4-6,11-13H2,1-3H3;4-7,10-14H,8-9H2,1-3H3,(H,24,26). The van der Waals surface area contributed by atoms with Gasteiger partial charge in [-0.05, 0) is 67.8 Å². The van der Waals surface area contributed by atoms with Gasteiger partial charge in [-0.2, -0.15) is 27.0 Å². The number of hydrogen-bond acceptors (Lipinski definition) is 19. The lowest BCUT2D eigenvalue weighted by Crippen LogP contribution is -2.23. The quantitative estimate of drug-likeness (QED) is 0.0773. The predicted octanol–water partition coefficient (Wildman–Crippen LogP) is 7.48. The summed E-state index contributed by atoms with van der Waals surface area (Å²) >= 11 is 0. The number of nitrogens with zero attached hydrogens (tertiary/aromatic N) is 9. The summed E-state index contributed by atoms with van der Waals surface area (Å²) < 4.78 is 85.9. The Morgan fingerprint density at radius 1 is 0.611 bits per heavy atom. The summed E-state index contributed by atoms with van der Waals surface area (Å²) in [6.45, 7) is 1.11. The van der Waals surface area contributed by atoms with Gasteiger partial charge < -0.3 is 33.5 Å². The molecule has 23 heteroatoms. The Labute approximate surface area is 416 Å². The van der Waals surface area contributed by atoms with Gasteiger partial charge in [0.2, 0.25) is 0 Å². The number of rotatable bonds is 19. The van der Waals surface area contributed by atoms with E-state index in [1.165, 1.54) is 0 Å². The molecule has 1 aliphatic heterocycles. The monoisotopic (exact) mass is 1020 g/mol. The summed E-state index contributed by atoms with van der Waals surface area (Å²) in [5, 5.41) is 11.3. The van der Waals surface area contributed by atoms with Crippen molar-refractivity contribution in [1.82, 2.24) is 39.9 Å². The van der Waals surface area contributed by atoms with E-state index in [4.69, 9.17) is 42.0 Å². The van der Waals surface area contributed by atoms with Crippen molar-refractivity contribution in [3.63, 3.8) is 0 Å². The molecular weight excluding hydrogens is 969 g/mol. The van der Waals surface area contributed by atoms with Crippen LogP contribution in [0.4, 0.5) is 22.7 Å². The fourth-order valence-corrected chi connectivity index (χ4v) is 8.68. The SMILES string of the molecule is COc1cc(OC)cc(N(CCOS(C)(=O)=O)c2ccc3ncc(-c4ccn[nH]4)nc3c2)c1.COc1cc(OC)cc(N(CCOS(C)(=O)=O)c2ccc3ncc(-c4ccnn4C4CCCCO4)nc3c2)c1. The Morgan fingerprint density at radius 3 is 1.58 bits per heavy atom. The van der Waals surface area contributed by atoms with Gasteiger partial charge in [-0.3, -0.25) is 23.4 Å². The van der Waals surface area contributed by atoms with Crippen LogP contribution in [0.1, 0.15) is 25.5 Å². The van der Waals surface area contributed by atoms with E-state index >= 15 is 0 Å². The van der Waals surface area contributed by atoms with Crippen LogP contribution in [0.15, 0.2) is 110 Å². The molecule has 0 spiro atoms. The van der Waals surface area contributed by atoms with E-state index in [0.29, 0.717) is 52.0 Å². The fraction of sp³-hybridized carbons (Fsp3) is 0.306. The van der Waals surface area contributed by atoms with Gasteiger partial charge in [-0.25, -0.2) is 14.6 Å². The number of aromatic amines is 1. The molecule has 1 unspecified atom stereocenters. The molecule has 378 valence electrons. The first-order valence-corrected chi connectivity index (χ1v) is 26.2. The smallest absolute Gasteiger partial charge is 0.264 e. The molecule has 0 amide bonds. The molecule has 0 saturated carbocycles. The number of ether oxygens (including phenoxy) is 5. The summed E-state index contributed by atoms with van der Waals surface area (Å²) in [5.74, 6) is 2.39. The lowest BCUT2D eigenvalue weighted by molar-refractivity contribution is -0.0384. The maximum atomic E-state index is 11.6. The van der Waals surface area contributed by atoms with Crippen LogP contribution in [-0.2, 0) is 33.3 Å². The van der Waals surface area contributed by atoms with Crippen molar-refractivity contribution >= 4 is 65.1 Å². The minimum absolute atomic E-state index is 0.0454. The molecule has 9 rings (SSSR count). The lowest BCUT2D eigenvalue weighted by Gasteiger charge is -2.26. The molecule has 1 aliphatic rings. The third kappa shape index (κ3) is 12.9. The minimum Gasteiger partial charge on any atom is -0.497 e. The Morgan fingerprint density at radius 2 is 1.12 bits per heavy atom. The van der Waals surface area contributed by atoms with Gasteiger partial charge >= 0.3 is 0 Å². The average Bonchev–Trinajstić information content (AvgIpc) is 4.12. The second-order valence-corrected chi connectivity index (χ2v) is 19.6. The van der Waals surface area contributed by atoms with Crippen LogP contribution in [0.5, 0.6) is 23.0 Å². The highest BCUT2D eigenvalue weighted by atomic mass is 32.2. The molecule has 0 radical (unpaired) electrons. The summed E-state index contributed by atoms with van der Waals surface area (Å²) in [4.78, 5) is 22.6. The van der Waals surface area contributed by atoms with Gasteiger partial charge in [-0.15, -0.1) is 0 Å². The molecule has 4 aromatic heterocycles. The van der Waals surface area contributed by atoms with Crippen LogP contribution < -0.4 is 28.7 Å². The molecule has 4 aromatic carbocycles. The average molecular weight is 1020 g/mol. The number of benzene rings is 4. The first-order valence-electron chi connectivity index (χ1n) is 22.6. The van der Waals surface area contributed by atoms with Crippen LogP contribution in [0.2, 0.25) is 0 Å². The van der Waals surface area contributed by atoms with E-state index in [-0.39, 0.29) is 32.5 Å². The first-order chi connectivity index (χ1) is 34.7. The Balaban J connectivity index is 0.000000195. The van der Waals surface area contributed by atoms with E-state index in [1.54, 1.807) is 65.4 Å². The zero-order valence-electron chi connectivity index (χ0n) is 40.5. The van der Waals surface area contributed by atoms with Crippen molar-refractivity contribution in [1.29, 1.82) is 0 Å². The minimum atomic E-state index is -3.61.